The largest absolute Gasteiger partial charge is 0.349 e. The topological polar surface area (TPSA) is 49.4 Å². The van der Waals surface area contributed by atoms with E-state index in [0.29, 0.717) is 23.9 Å². The van der Waals surface area contributed by atoms with Gasteiger partial charge in [-0.05, 0) is 55.7 Å². The normalized spacial score (nSPS) is 30.1. The van der Waals surface area contributed by atoms with Gasteiger partial charge in [-0.2, -0.15) is 0 Å². The Balaban J connectivity index is 1.47. The highest BCUT2D eigenvalue weighted by Gasteiger charge is 2.40. The number of anilines is 1. The summed E-state index contributed by atoms with van der Waals surface area (Å²) in [5.41, 5.74) is 1.52. The van der Waals surface area contributed by atoms with Gasteiger partial charge in [-0.15, -0.1) is 0 Å². The van der Waals surface area contributed by atoms with Crippen LogP contribution in [0.4, 0.5) is 5.69 Å². The molecule has 4 rings (SSSR count). The summed E-state index contributed by atoms with van der Waals surface area (Å²) in [6, 6.07) is 7.83. The van der Waals surface area contributed by atoms with Crippen LogP contribution in [0.25, 0.3) is 0 Å². The third-order valence-corrected chi connectivity index (χ3v) is 5.55. The van der Waals surface area contributed by atoms with Gasteiger partial charge in [0.15, 0.2) is 0 Å². The highest BCUT2D eigenvalue weighted by atomic mass is 16.2. The number of carbonyl (C=O) groups excluding carboxylic acids is 2. The maximum atomic E-state index is 12.5. The maximum Gasteiger partial charge on any atom is 0.251 e. The van der Waals surface area contributed by atoms with Gasteiger partial charge < -0.3 is 10.2 Å². The lowest BCUT2D eigenvalue weighted by Gasteiger charge is -2.23. The van der Waals surface area contributed by atoms with Crippen LogP contribution in [0.3, 0.4) is 0 Å². The fraction of sp³-hybridized carbons (Fsp3) is 0.556. The minimum Gasteiger partial charge on any atom is -0.349 e. The van der Waals surface area contributed by atoms with Crippen molar-refractivity contribution in [3.05, 3.63) is 29.8 Å². The van der Waals surface area contributed by atoms with Crippen LogP contribution in [0.15, 0.2) is 24.3 Å². The Morgan fingerprint density at radius 3 is 2.82 bits per heavy atom. The van der Waals surface area contributed by atoms with E-state index in [1.54, 1.807) is 4.90 Å². The van der Waals surface area contributed by atoms with Gasteiger partial charge in [0, 0.05) is 30.3 Å². The molecule has 0 aromatic heterocycles. The van der Waals surface area contributed by atoms with E-state index in [-0.39, 0.29) is 11.8 Å². The van der Waals surface area contributed by atoms with Crippen molar-refractivity contribution < 1.29 is 9.59 Å². The standard InChI is InChI=1S/C18H22N2O2/c21-17-5-2-8-20(17)15-4-1-3-14(11-15)18(22)19-16-10-12-6-7-13(16)9-12/h1,3-4,11-13,16H,2,5-10H2,(H,19,22)/t12-,13+,16-/m0/s1. The molecule has 0 spiro atoms. The summed E-state index contributed by atoms with van der Waals surface area (Å²) in [5, 5.41) is 3.21. The molecule has 116 valence electrons. The molecular formula is C18H22N2O2. The van der Waals surface area contributed by atoms with Gasteiger partial charge in [0.25, 0.3) is 5.91 Å². The van der Waals surface area contributed by atoms with Gasteiger partial charge in [-0.3, -0.25) is 9.59 Å². The molecule has 3 aliphatic rings. The minimum absolute atomic E-state index is 0.00560. The third kappa shape index (κ3) is 2.40. The van der Waals surface area contributed by atoms with Crippen molar-refractivity contribution in [2.45, 2.75) is 44.6 Å². The van der Waals surface area contributed by atoms with E-state index in [9.17, 15) is 9.59 Å². The van der Waals surface area contributed by atoms with Crippen molar-refractivity contribution in [3.8, 4) is 0 Å². The average molecular weight is 298 g/mol. The summed E-state index contributed by atoms with van der Waals surface area (Å²) in [6.45, 7) is 0.760. The average Bonchev–Trinajstić information content (AvgIpc) is 3.24. The van der Waals surface area contributed by atoms with Gasteiger partial charge in [-0.25, -0.2) is 0 Å². The number of benzene rings is 1. The van der Waals surface area contributed by atoms with Crippen molar-refractivity contribution in [1.82, 2.24) is 5.32 Å². The van der Waals surface area contributed by atoms with E-state index in [1.807, 2.05) is 24.3 Å². The second-order valence-corrected chi connectivity index (χ2v) is 6.95. The Morgan fingerprint density at radius 1 is 1.23 bits per heavy atom. The lowest BCUT2D eigenvalue weighted by Crippen LogP contribution is -2.38. The number of carbonyl (C=O) groups is 2. The lowest BCUT2D eigenvalue weighted by molar-refractivity contribution is -0.117. The Kier molecular flexibility index (Phi) is 3.40. The first-order valence-electron chi connectivity index (χ1n) is 8.42. The molecule has 4 nitrogen and oxygen atoms in total. The molecule has 3 fully saturated rings. The van der Waals surface area contributed by atoms with E-state index >= 15 is 0 Å². The summed E-state index contributed by atoms with van der Waals surface area (Å²) in [4.78, 5) is 26.1. The zero-order valence-corrected chi connectivity index (χ0v) is 12.8. The van der Waals surface area contributed by atoms with Crippen LogP contribution < -0.4 is 10.2 Å². The molecule has 2 amide bonds. The molecule has 0 unspecified atom stereocenters. The van der Waals surface area contributed by atoms with Crippen LogP contribution in [0.5, 0.6) is 0 Å². The predicted molar refractivity (Wildman–Crippen MR) is 84.7 cm³/mol. The zero-order valence-electron chi connectivity index (χ0n) is 12.8. The molecule has 0 radical (unpaired) electrons. The number of nitrogens with zero attached hydrogens (tertiary/aromatic N) is 1. The van der Waals surface area contributed by atoms with Gasteiger partial charge in [-0.1, -0.05) is 12.5 Å². The highest BCUT2D eigenvalue weighted by molar-refractivity contribution is 5.99. The molecule has 1 aromatic carbocycles. The van der Waals surface area contributed by atoms with Gasteiger partial charge in [0.2, 0.25) is 5.91 Å². The van der Waals surface area contributed by atoms with E-state index < -0.39 is 0 Å². The molecule has 1 heterocycles. The van der Waals surface area contributed by atoms with E-state index in [2.05, 4.69) is 5.32 Å². The number of hydrogen-bond acceptors (Lipinski definition) is 2. The number of rotatable bonds is 3. The Morgan fingerprint density at radius 2 is 2.14 bits per heavy atom. The Bertz CT molecular complexity index is 613. The molecule has 4 heteroatoms. The van der Waals surface area contributed by atoms with Crippen LogP contribution in [0.1, 0.15) is 48.9 Å². The van der Waals surface area contributed by atoms with Crippen molar-refractivity contribution in [3.63, 3.8) is 0 Å². The SMILES string of the molecule is O=C(N[C@H]1C[C@H]2CC[C@@H]1C2)c1cccc(N2CCCC2=O)c1. The second-order valence-electron chi connectivity index (χ2n) is 6.95. The van der Waals surface area contributed by atoms with Crippen LogP contribution >= 0.6 is 0 Å². The maximum absolute atomic E-state index is 12.5. The lowest BCUT2D eigenvalue weighted by atomic mass is 9.95. The molecule has 2 aliphatic carbocycles. The fourth-order valence-corrected chi connectivity index (χ4v) is 4.41. The molecule has 1 N–H and O–H groups in total. The van der Waals surface area contributed by atoms with Crippen LogP contribution in [0.2, 0.25) is 0 Å². The number of amides is 2. The van der Waals surface area contributed by atoms with E-state index in [0.717, 1.165) is 31.0 Å². The minimum atomic E-state index is 0.00560. The second kappa shape index (κ2) is 5.41. The zero-order chi connectivity index (χ0) is 15.1. The summed E-state index contributed by atoms with van der Waals surface area (Å²) < 4.78 is 0. The summed E-state index contributed by atoms with van der Waals surface area (Å²) in [7, 11) is 0. The quantitative estimate of drug-likeness (QED) is 0.933. The first kappa shape index (κ1) is 13.8. The molecule has 22 heavy (non-hydrogen) atoms. The van der Waals surface area contributed by atoms with E-state index in [1.165, 1.54) is 19.3 Å². The molecule has 1 saturated heterocycles. The van der Waals surface area contributed by atoms with Gasteiger partial charge >= 0.3 is 0 Å². The third-order valence-electron chi connectivity index (χ3n) is 5.55. The number of hydrogen-bond donors (Lipinski definition) is 1. The van der Waals surface area contributed by atoms with Crippen molar-refractivity contribution >= 4 is 17.5 Å². The summed E-state index contributed by atoms with van der Waals surface area (Å²) in [6.07, 6.45) is 6.54. The van der Waals surface area contributed by atoms with Crippen molar-refractivity contribution in [2.75, 3.05) is 11.4 Å². The Labute approximate surface area is 130 Å². The van der Waals surface area contributed by atoms with E-state index in [4.69, 9.17) is 0 Å². The Hall–Kier alpha value is -1.84. The predicted octanol–water partition coefficient (Wildman–Crippen LogP) is 2.73. The van der Waals surface area contributed by atoms with Crippen molar-refractivity contribution in [2.24, 2.45) is 11.8 Å². The molecular weight excluding hydrogens is 276 g/mol. The molecule has 3 atom stereocenters. The molecule has 1 aliphatic heterocycles. The van der Waals surface area contributed by atoms with Crippen molar-refractivity contribution in [1.29, 1.82) is 0 Å². The first-order chi connectivity index (χ1) is 10.7. The van der Waals surface area contributed by atoms with Crippen LogP contribution in [-0.4, -0.2) is 24.4 Å². The monoisotopic (exact) mass is 298 g/mol. The fourth-order valence-electron chi connectivity index (χ4n) is 4.41. The first-order valence-corrected chi connectivity index (χ1v) is 8.42. The molecule has 2 saturated carbocycles. The summed E-state index contributed by atoms with van der Waals surface area (Å²) >= 11 is 0. The number of nitrogens with one attached hydrogen (secondary N) is 1. The van der Waals surface area contributed by atoms with Gasteiger partial charge in [0.05, 0.1) is 0 Å². The van der Waals surface area contributed by atoms with Gasteiger partial charge in [0.1, 0.15) is 0 Å². The summed E-state index contributed by atoms with van der Waals surface area (Å²) in [5.74, 6) is 1.66. The molecule has 2 bridgehead atoms. The van der Waals surface area contributed by atoms with Crippen LogP contribution in [-0.2, 0) is 4.79 Å². The molecule has 1 aromatic rings. The van der Waals surface area contributed by atoms with Crippen LogP contribution in [0, 0.1) is 11.8 Å². The number of fused-ring (bicyclic) bond motifs is 2. The highest BCUT2D eigenvalue weighted by Crippen LogP contribution is 2.44. The smallest absolute Gasteiger partial charge is 0.251 e.